The Bertz CT molecular complexity index is 178. The van der Waals surface area contributed by atoms with Gasteiger partial charge in [-0.1, -0.05) is 0 Å². The van der Waals surface area contributed by atoms with E-state index < -0.39 is 5.79 Å². The van der Waals surface area contributed by atoms with E-state index in [9.17, 15) is 0 Å². The molecule has 0 N–H and O–H groups in total. The van der Waals surface area contributed by atoms with E-state index in [-0.39, 0.29) is 11.7 Å². The average molecular weight is 158 g/mol. The van der Waals surface area contributed by atoms with Gasteiger partial charge in [0, 0.05) is 0 Å². The van der Waals surface area contributed by atoms with Crippen molar-refractivity contribution in [2.24, 2.45) is 0 Å². The highest BCUT2D eigenvalue weighted by atomic mass is 16.8. The van der Waals surface area contributed by atoms with E-state index in [2.05, 4.69) is 0 Å². The molecule has 0 aliphatic carbocycles. The van der Waals surface area contributed by atoms with Crippen molar-refractivity contribution < 1.29 is 14.2 Å². The van der Waals surface area contributed by atoms with Gasteiger partial charge in [0.2, 0.25) is 0 Å². The maximum atomic E-state index is 5.71. The molecule has 2 aliphatic rings. The van der Waals surface area contributed by atoms with Gasteiger partial charge in [-0.25, -0.2) is 0 Å². The van der Waals surface area contributed by atoms with E-state index in [1.165, 1.54) is 0 Å². The van der Waals surface area contributed by atoms with Gasteiger partial charge in [0.15, 0.2) is 5.79 Å². The van der Waals surface area contributed by atoms with Crippen LogP contribution in [0.5, 0.6) is 0 Å². The Balaban J connectivity index is 2.19. The van der Waals surface area contributed by atoms with Gasteiger partial charge >= 0.3 is 0 Å². The van der Waals surface area contributed by atoms with Gasteiger partial charge in [-0.2, -0.15) is 0 Å². The molecule has 2 atom stereocenters. The minimum absolute atomic E-state index is 0.123. The summed E-state index contributed by atoms with van der Waals surface area (Å²) in [7, 11) is 0. The van der Waals surface area contributed by atoms with Crippen LogP contribution in [0.3, 0.4) is 0 Å². The van der Waals surface area contributed by atoms with Crippen LogP contribution in [0, 0.1) is 0 Å². The van der Waals surface area contributed by atoms with Crippen molar-refractivity contribution in [1.29, 1.82) is 0 Å². The summed E-state index contributed by atoms with van der Waals surface area (Å²) in [6, 6.07) is 0. The molecule has 0 spiro atoms. The van der Waals surface area contributed by atoms with Crippen molar-refractivity contribution in [2.75, 3.05) is 13.2 Å². The van der Waals surface area contributed by atoms with Gasteiger partial charge < -0.3 is 14.2 Å². The monoisotopic (exact) mass is 158 g/mol. The lowest BCUT2D eigenvalue weighted by Crippen LogP contribution is -2.35. The van der Waals surface area contributed by atoms with Crippen LogP contribution in [0.4, 0.5) is 0 Å². The lowest BCUT2D eigenvalue weighted by molar-refractivity contribution is -0.179. The van der Waals surface area contributed by atoms with Crippen LogP contribution in [0.15, 0.2) is 0 Å². The molecule has 2 heterocycles. The molecule has 0 aromatic heterocycles. The number of hydrogen-bond acceptors (Lipinski definition) is 3. The fourth-order valence-corrected chi connectivity index (χ4v) is 1.82. The van der Waals surface area contributed by atoms with E-state index in [1.54, 1.807) is 0 Å². The highest BCUT2D eigenvalue weighted by Gasteiger charge is 2.53. The molecule has 1 unspecified atom stereocenters. The summed E-state index contributed by atoms with van der Waals surface area (Å²) in [6.07, 6.45) is 0.123. The largest absolute Gasteiger partial charge is 0.376 e. The Morgan fingerprint density at radius 2 is 2.00 bits per heavy atom. The van der Waals surface area contributed by atoms with Gasteiger partial charge in [0.25, 0.3) is 0 Å². The summed E-state index contributed by atoms with van der Waals surface area (Å²) < 4.78 is 16.6. The molecular formula is C8H14O3. The van der Waals surface area contributed by atoms with Crippen molar-refractivity contribution in [3.05, 3.63) is 0 Å². The second-order valence-electron chi connectivity index (χ2n) is 3.94. The summed E-state index contributed by atoms with van der Waals surface area (Å²) in [4.78, 5) is 0. The molecule has 0 amide bonds. The Hall–Kier alpha value is -0.120. The normalized spacial score (nSPS) is 47.7. The second kappa shape index (κ2) is 1.97. The molecule has 64 valence electrons. The minimum atomic E-state index is -0.427. The minimum Gasteiger partial charge on any atom is -0.376 e. The Morgan fingerprint density at radius 1 is 1.27 bits per heavy atom. The zero-order chi connectivity index (χ0) is 8.11. The van der Waals surface area contributed by atoms with E-state index in [1.807, 2.05) is 20.8 Å². The van der Waals surface area contributed by atoms with Crippen LogP contribution < -0.4 is 0 Å². The third-order valence-electron chi connectivity index (χ3n) is 2.24. The molecule has 0 radical (unpaired) electrons. The lowest BCUT2D eigenvalue weighted by Gasteiger charge is -2.22. The smallest absolute Gasteiger partial charge is 0.164 e. The van der Waals surface area contributed by atoms with Crippen molar-refractivity contribution in [2.45, 2.75) is 38.3 Å². The number of fused-ring (bicyclic) bond motifs is 1. The summed E-state index contributed by atoms with van der Waals surface area (Å²) >= 11 is 0. The third kappa shape index (κ3) is 1.08. The fraction of sp³-hybridized carbons (Fsp3) is 1.00. The summed E-state index contributed by atoms with van der Waals surface area (Å²) in [6.45, 7) is 7.24. The first-order valence-corrected chi connectivity index (χ1v) is 3.98. The highest BCUT2D eigenvalue weighted by molar-refractivity contribution is 4.96. The molecule has 0 bridgehead atoms. The summed E-state index contributed by atoms with van der Waals surface area (Å²) in [5.41, 5.74) is -0.205. The van der Waals surface area contributed by atoms with E-state index in [4.69, 9.17) is 14.2 Å². The molecule has 3 heteroatoms. The Morgan fingerprint density at radius 3 is 2.64 bits per heavy atom. The predicted octanol–water partition coefficient (Wildman–Crippen LogP) is 0.927. The zero-order valence-electron chi connectivity index (χ0n) is 7.22. The molecule has 0 saturated carbocycles. The summed E-state index contributed by atoms with van der Waals surface area (Å²) in [5, 5.41) is 0. The lowest BCUT2D eigenvalue weighted by atomic mass is 10.0. The number of ether oxygens (including phenoxy) is 3. The van der Waals surface area contributed by atoms with Crippen molar-refractivity contribution in [3.63, 3.8) is 0 Å². The first-order chi connectivity index (χ1) is 5.02. The van der Waals surface area contributed by atoms with Gasteiger partial charge in [0.05, 0.1) is 13.2 Å². The predicted molar refractivity (Wildman–Crippen MR) is 39.3 cm³/mol. The number of rotatable bonds is 0. The second-order valence-corrected chi connectivity index (χ2v) is 3.94. The average Bonchev–Trinajstić information content (AvgIpc) is 2.16. The molecule has 0 aromatic carbocycles. The van der Waals surface area contributed by atoms with Gasteiger partial charge in [-0.05, 0) is 20.8 Å². The standard InChI is InChI=1S/C8H14O3/c1-7(2)10-6-4-9-5-8(6,3)11-7/h6H,4-5H2,1-3H3/t6?,8-/m1/s1. The topological polar surface area (TPSA) is 27.7 Å². The molecule has 3 nitrogen and oxygen atoms in total. The van der Waals surface area contributed by atoms with Crippen molar-refractivity contribution in [1.82, 2.24) is 0 Å². The van der Waals surface area contributed by atoms with Gasteiger partial charge in [-0.15, -0.1) is 0 Å². The third-order valence-corrected chi connectivity index (χ3v) is 2.24. The SMILES string of the molecule is CC1(C)OC2COC[C@@]2(C)O1. The number of hydrogen-bond donors (Lipinski definition) is 0. The van der Waals surface area contributed by atoms with Crippen LogP contribution in [-0.4, -0.2) is 30.7 Å². The molecular weight excluding hydrogens is 144 g/mol. The Kier molecular flexibility index (Phi) is 1.35. The van der Waals surface area contributed by atoms with E-state index in [0.717, 1.165) is 0 Å². The highest BCUT2D eigenvalue weighted by Crippen LogP contribution is 2.39. The van der Waals surface area contributed by atoms with Crippen LogP contribution in [-0.2, 0) is 14.2 Å². The van der Waals surface area contributed by atoms with Gasteiger partial charge in [0.1, 0.15) is 11.7 Å². The van der Waals surface area contributed by atoms with Crippen LogP contribution >= 0.6 is 0 Å². The van der Waals surface area contributed by atoms with Crippen LogP contribution in [0.25, 0.3) is 0 Å². The van der Waals surface area contributed by atoms with E-state index in [0.29, 0.717) is 13.2 Å². The van der Waals surface area contributed by atoms with Gasteiger partial charge in [-0.3, -0.25) is 0 Å². The molecule has 2 fully saturated rings. The van der Waals surface area contributed by atoms with Crippen molar-refractivity contribution in [3.8, 4) is 0 Å². The molecule has 2 aliphatic heterocycles. The van der Waals surface area contributed by atoms with Crippen molar-refractivity contribution >= 4 is 0 Å². The quantitative estimate of drug-likeness (QED) is 0.525. The van der Waals surface area contributed by atoms with Crippen LogP contribution in [0.1, 0.15) is 20.8 Å². The molecule has 2 rings (SSSR count). The first kappa shape index (κ1) is 7.53. The fourth-order valence-electron chi connectivity index (χ4n) is 1.82. The Labute approximate surface area is 66.6 Å². The van der Waals surface area contributed by atoms with Crippen LogP contribution in [0.2, 0.25) is 0 Å². The maximum absolute atomic E-state index is 5.71. The molecule has 0 aromatic rings. The molecule has 11 heavy (non-hydrogen) atoms. The first-order valence-electron chi connectivity index (χ1n) is 3.98. The zero-order valence-corrected chi connectivity index (χ0v) is 7.22. The molecule has 2 saturated heterocycles. The van der Waals surface area contributed by atoms with E-state index >= 15 is 0 Å². The maximum Gasteiger partial charge on any atom is 0.164 e. The summed E-state index contributed by atoms with van der Waals surface area (Å²) in [5.74, 6) is -0.427.